The summed E-state index contributed by atoms with van der Waals surface area (Å²) in [7, 11) is 0. The van der Waals surface area contributed by atoms with Crippen LogP contribution in [-0.4, -0.2) is 33.9 Å². The van der Waals surface area contributed by atoms with E-state index in [2.05, 4.69) is 15.9 Å². The molecule has 0 saturated carbocycles. The van der Waals surface area contributed by atoms with E-state index in [0.717, 1.165) is 4.90 Å². The van der Waals surface area contributed by atoms with Gasteiger partial charge in [0.25, 0.3) is 11.8 Å². The molecule has 2 rings (SSSR count). The number of ketones is 1. The van der Waals surface area contributed by atoms with Crippen molar-refractivity contribution in [3.8, 4) is 0 Å². The maximum atomic E-state index is 11.9. The van der Waals surface area contributed by atoms with Gasteiger partial charge in [0, 0.05) is 6.54 Å². The van der Waals surface area contributed by atoms with Crippen molar-refractivity contribution in [2.45, 2.75) is 11.8 Å². The van der Waals surface area contributed by atoms with Crippen molar-refractivity contribution in [3.63, 3.8) is 0 Å². The Morgan fingerprint density at radius 3 is 2.12 bits per heavy atom. The quantitative estimate of drug-likeness (QED) is 0.629. The predicted molar refractivity (Wildman–Crippen MR) is 65.2 cm³/mol. The lowest BCUT2D eigenvalue weighted by atomic mass is 10.1. The molecular formula is C12H10BrNO3. The molecule has 0 spiro atoms. The van der Waals surface area contributed by atoms with Gasteiger partial charge in [0.2, 0.25) is 0 Å². The normalized spacial score (nSPS) is 16.0. The fraction of sp³-hybridized carbons (Fsp3) is 0.250. The van der Waals surface area contributed by atoms with Gasteiger partial charge in [0.1, 0.15) is 5.78 Å². The summed E-state index contributed by atoms with van der Waals surface area (Å²) in [5.41, 5.74) is 0.807. The maximum Gasteiger partial charge on any atom is 0.261 e. The van der Waals surface area contributed by atoms with Gasteiger partial charge in [-0.1, -0.05) is 28.1 Å². The highest BCUT2D eigenvalue weighted by molar-refractivity contribution is 9.10. The van der Waals surface area contributed by atoms with E-state index < -0.39 is 4.83 Å². The molecule has 1 aliphatic rings. The highest BCUT2D eigenvalue weighted by Gasteiger charge is 2.36. The molecule has 0 radical (unpaired) electrons. The number of nitrogens with zero attached hydrogens (tertiary/aromatic N) is 1. The second-order valence-corrected chi connectivity index (χ2v) is 4.95. The third-order valence-corrected chi connectivity index (χ3v) is 3.60. The first-order chi connectivity index (χ1) is 8.02. The van der Waals surface area contributed by atoms with Gasteiger partial charge in [-0.25, -0.2) is 0 Å². The molecule has 1 atom stereocenters. The van der Waals surface area contributed by atoms with Gasteiger partial charge in [-0.05, 0) is 19.1 Å². The number of halogens is 1. The molecule has 1 aliphatic heterocycles. The van der Waals surface area contributed by atoms with E-state index in [1.165, 1.54) is 6.92 Å². The Morgan fingerprint density at radius 1 is 1.24 bits per heavy atom. The minimum atomic E-state index is -0.510. The van der Waals surface area contributed by atoms with Crippen LogP contribution in [-0.2, 0) is 4.79 Å². The van der Waals surface area contributed by atoms with Crippen molar-refractivity contribution in [1.82, 2.24) is 4.90 Å². The molecule has 0 fully saturated rings. The van der Waals surface area contributed by atoms with Gasteiger partial charge in [-0.2, -0.15) is 0 Å². The van der Waals surface area contributed by atoms with Gasteiger partial charge < -0.3 is 0 Å². The summed E-state index contributed by atoms with van der Waals surface area (Å²) < 4.78 is 0. The Hall–Kier alpha value is -1.49. The first-order valence-corrected chi connectivity index (χ1v) is 6.03. The first-order valence-electron chi connectivity index (χ1n) is 5.12. The lowest BCUT2D eigenvalue weighted by molar-refractivity contribution is -0.116. The molecule has 1 heterocycles. The molecule has 0 aliphatic carbocycles. The Kier molecular flexibility index (Phi) is 3.11. The lowest BCUT2D eigenvalue weighted by Crippen LogP contribution is -2.37. The van der Waals surface area contributed by atoms with E-state index in [1.54, 1.807) is 24.3 Å². The topological polar surface area (TPSA) is 54.5 Å². The Morgan fingerprint density at radius 2 is 1.71 bits per heavy atom. The molecule has 5 heteroatoms. The number of carbonyl (C=O) groups excluding carboxylic acids is 3. The van der Waals surface area contributed by atoms with E-state index in [4.69, 9.17) is 0 Å². The van der Waals surface area contributed by atoms with Gasteiger partial charge in [0.15, 0.2) is 0 Å². The molecule has 1 unspecified atom stereocenters. The molecule has 0 bridgehead atoms. The van der Waals surface area contributed by atoms with Gasteiger partial charge >= 0.3 is 0 Å². The summed E-state index contributed by atoms with van der Waals surface area (Å²) in [5.74, 6) is -0.783. The average molecular weight is 296 g/mol. The summed E-state index contributed by atoms with van der Waals surface area (Å²) in [6, 6.07) is 6.66. The average Bonchev–Trinajstić information content (AvgIpc) is 2.55. The number of benzene rings is 1. The first kappa shape index (κ1) is 12.0. The molecule has 17 heavy (non-hydrogen) atoms. The minimum absolute atomic E-state index is 0.0711. The van der Waals surface area contributed by atoms with Crippen LogP contribution in [0.2, 0.25) is 0 Å². The zero-order chi connectivity index (χ0) is 12.6. The predicted octanol–water partition coefficient (Wildman–Crippen LogP) is 1.64. The molecule has 0 N–H and O–H groups in total. The second kappa shape index (κ2) is 4.41. The van der Waals surface area contributed by atoms with Crippen molar-refractivity contribution in [2.24, 2.45) is 0 Å². The van der Waals surface area contributed by atoms with E-state index in [1.807, 2.05) is 0 Å². The number of imide groups is 1. The van der Waals surface area contributed by atoms with Crippen LogP contribution in [0.5, 0.6) is 0 Å². The van der Waals surface area contributed by atoms with E-state index in [9.17, 15) is 14.4 Å². The summed E-state index contributed by atoms with van der Waals surface area (Å²) in [6.45, 7) is 1.49. The molecule has 1 aromatic rings. The number of fused-ring (bicyclic) bond motifs is 1. The largest absolute Gasteiger partial charge is 0.299 e. The Balaban J connectivity index is 2.27. The molecule has 0 saturated heterocycles. The number of rotatable bonds is 3. The fourth-order valence-electron chi connectivity index (χ4n) is 1.69. The summed E-state index contributed by atoms with van der Waals surface area (Å²) >= 11 is 3.16. The smallest absolute Gasteiger partial charge is 0.261 e. The highest BCUT2D eigenvalue weighted by atomic mass is 79.9. The van der Waals surface area contributed by atoms with Crippen LogP contribution < -0.4 is 0 Å². The molecule has 0 aromatic heterocycles. The van der Waals surface area contributed by atoms with Crippen LogP contribution in [0.4, 0.5) is 0 Å². The number of hydrogen-bond acceptors (Lipinski definition) is 3. The van der Waals surface area contributed by atoms with Crippen molar-refractivity contribution >= 4 is 33.5 Å². The Bertz CT molecular complexity index is 477. The third-order valence-electron chi connectivity index (χ3n) is 2.66. The highest BCUT2D eigenvalue weighted by Crippen LogP contribution is 2.23. The molecule has 4 nitrogen and oxygen atoms in total. The van der Waals surface area contributed by atoms with Crippen molar-refractivity contribution in [2.75, 3.05) is 6.54 Å². The zero-order valence-electron chi connectivity index (χ0n) is 9.14. The summed E-state index contributed by atoms with van der Waals surface area (Å²) in [4.78, 5) is 35.6. The van der Waals surface area contributed by atoms with E-state index in [0.29, 0.717) is 11.1 Å². The standard InChI is InChI=1S/C12H10BrNO3/c1-7(15)10(13)6-14-11(16)8-4-2-3-5-9(8)12(14)17/h2-5,10H,6H2,1H3. The number of amides is 2. The zero-order valence-corrected chi connectivity index (χ0v) is 10.7. The third kappa shape index (κ3) is 2.02. The molecule has 2 amide bonds. The van der Waals surface area contributed by atoms with Gasteiger partial charge in [0.05, 0.1) is 16.0 Å². The minimum Gasteiger partial charge on any atom is -0.299 e. The lowest BCUT2D eigenvalue weighted by Gasteiger charge is -2.16. The van der Waals surface area contributed by atoms with Crippen molar-refractivity contribution in [1.29, 1.82) is 0 Å². The van der Waals surface area contributed by atoms with E-state index >= 15 is 0 Å². The van der Waals surface area contributed by atoms with Crippen LogP contribution in [0.3, 0.4) is 0 Å². The van der Waals surface area contributed by atoms with E-state index in [-0.39, 0.29) is 24.1 Å². The van der Waals surface area contributed by atoms with Crippen LogP contribution in [0.1, 0.15) is 27.6 Å². The number of Topliss-reactive ketones (excluding diaryl/α,β-unsaturated/α-hetero) is 1. The second-order valence-electron chi connectivity index (χ2n) is 3.84. The summed E-state index contributed by atoms with van der Waals surface area (Å²) in [6.07, 6.45) is 0. The Labute approximate surface area is 107 Å². The van der Waals surface area contributed by atoms with Crippen molar-refractivity contribution in [3.05, 3.63) is 35.4 Å². The monoisotopic (exact) mass is 295 g/mol. The van der Waals surface area contributed by atoms with Crippen LogP contribution in [0, 0.1) is 0 Å². The number of carbonyl (C=O) groups is 3. The number of alkyl halides is 1. The van der Waals surface area contributed by atoms with Gasteiger partial charge in [-0.15, -0.1) is 0 Å². The van der Waals surface area contributed by atoms with Crippen LogP contribution >= 0.6 is 15.9 Å². The summed E-state index contributed by atoms with van der Waals surface area (Å²) in [5, 5.41) is 0. The van der Waals surface area contributed by atoms with Crippen molar-refractivity contribution < 1.29 is 14.4 Å². The molecule has 1 aromatic carbocycles. The fourth-order valence-corrected chi connectivity index (χ4v) is 1.98. The maximum absolute atomic E-state index is 11.9. The molecule has 88 valence electrons. The SMILES string of the molecule is CC(=O)C(Br)CN1C(=O)c2ccccc2C1=O. The molecular weight excluding hydrogens is 286 g/mol. The van der Waals surface area contributed by atoms with Crippen LogP contribution in [0.25, 0.3) is 0 Å². The van der Waals surface area contributed by atoms with Gasteiger partial charge in [-0.3, -0.25) is 19.3 Å². The van der Waals surface area contributed by atoms with Crippen LogP contribution in [0.15, 0.2) is 24.3 Å². The number of hydrogen-bond donors (Lipinski definition) is 0.